The Morgan fingerprint density at radius 3 is 2.38 bits per heavy atom. The number of carbonyl (C=O) groups is 1. The van der Waals surface area contributed by atoms with Gasteiger partial charge in [0.25, 0.3) is 5.91 Å². The summed E-state index contributed by atoms with van der Waals surface area (Å²) in [5, 5.41) is 19.5. The largest absolute Gasteiger partial charge is 0.508 e. The predicted octanol–water partition coefficient (Wildman–Crippen LogP) is 3.58. The van der Waals surface area contributed by atoms with Crippen molar-refractivity contribution in [2.24, 2.45) is 0 Å². The van der Waals surface area contributed by atoms with Crippen LogP contribution < -0.4 is 0 Å². The minimum atomic E-state index is -0.324. The molecule has 0 aliphatic rings. The van der Waals surface area contributed by atoms with Crippen LogP contribution in [-0.2, 0) is 0 Å². The lowest BCUT2D eigenvalue weighted by Crippen LogP contribution is -2.29. The van der Waals surface area contributed by atoms with Gasteiger partial charge in [0.05, 0.1) is 11.6 Å². The molecule has 0 bridgehead atoms. The van der Waals surface area contributed by atoms with Gasteiger partial charge in [0.1, 0.15) is 11.5 Å². The molecule has 2 aromatic rings. The second kappa shape index (κ2) is 6.06. The Kier molecular flexibility index (Phi) is 4.38. The Morgan fingerprint density at radius 1 is 1.14 bits per heavy atom. The van der Waals surface area contributed by atoms with Gasteiger partial charge in [-0.3, -0.25) is 4.79 Å². The summed E-state index contributed by atoms with van der Waals surface area (Å²) in [6, 6.07) is 10.8. The lowest BCUT2D eigenvalue weighted by Gasteiger charge is -2.25. The molecule has 0 heterocycles. The fourth-order valence-corrected chi connectivity index (χ4v) is 2.19. The monoisotopic (exact) mass is 305 g/mol. The van der Waals surface area contributed by atoms with Crippen LogP contribution in [0.1, 0.15) is 28.9 Å². The summed E-state index contributed by atoms with van der Waals surface area (Å²) in [5.41, 5.74) is 1.04. The fraction of sp³-hybridized carbons (Fsp3) is 0.188. The topological polar surface area (TPSA) is 60.8 Å². The SMILES string of the molecule is CC(c1ccc(O)cc1)N(C)C(=O)c1cc(Cl)ccc1O. The third kappa shape index (κ3) is 3.28. The van der Waals surface area contributed by atoms with Gasteiger partial charge >= 0.3 is 0 Å². The van der Waals surface area contributed by atoms with Crippen molar-refractivity contribution in [2.75, 3.05) is 7.05 Å². The highest BCUT2D eigenvalue weighted by Crippen LogP contribution is 2.27. The molecule has 4 nitrogen and oxygen atoms in total. The Hall–Kier alpha value is -2.20. The molecule has 110 valence electrons. The molecule has 0 aromatic heterocycles. The van der Waals surface area contributed by atoms with Crippen LogP contribution in [0.2, 0.25) is 5.02 Å². The summed E-state index contributed by atoms with van der Waals surface area (Å²) in [5.74, 6) is -0.253. The Labute approximate surface area is 128 Å². The smallest absolute Gasteiger partial charge is 0.257 e. The van der Waals surface area contributed by atoms with E-state index in [-0.39, 0.29) is 29.0 Å². The zero-order valence-electron chi connectivity index (χ0n) is 11.7. The molecule has 0 radical (unpaired) electrons. The van der Waals surface area contributed by atoms with E-state index in [0.29, 0.717) is 5.02 Å². The number of aromatic hydroxyl groups is 2. The maximum absolute atomic E-state index is 12.5. The number of phenolic OH excluding ortho intramolecular Hbond substituents is 2. The van der Waals surface area contributed by atoms with E-state index in [1.54, 1.807) is 31.3 Å². The molecule has 0 aliphatic heterocycles. The van der Waals surface area contributed by atoms with Crippen molar-refractivity contribution in [3.63, 3.8) is 0 Å². The molecule has 5 heteroatoms. The van der Waals surface area contributed by atoms with E-state index in [1.807, 2.05) is 6.92 Å². The average Bonchev–Trinajstić information content (AvgIpc) is 2.48. The molecule has 2 aromatic carbocycles. The van der Waals surface area contributed by atoms with Crippen molar-refractivity contribution in [3.8, 4) is 11.5 Å². The molecule has 1 atom stereocenters. The van der Waals surface area contributed by atoms with E-state index >= 15 is 0 Å². The maximum atomic E-state index is 12.5. The van der Waals surface area contributed by atoms with E-state index in [9.17, 15) is 15.0 Å². The van der Waals surface area contributed by atoms with Gasteiger partial charge < -0.3 is 15.1 Å². The Morgan fingerprint density at radius 2 is 1.76 bits per heavy atom. The minimum Gasteiger partial charge on any atom is -0.508 e. The zero-order chi connectivity index (χ0) is 15.6. The van der Waals surface area contributed by atoms with Crippen LogP contribution in [-0.4, -0.2) is 28.1 Å². The lowest BCUT2D eigenvalue weighted by molar-refractivity contribution is 0.0739. The zero-order valence-corrected chi connectivity index (χ0v) is 12.5. The molecule has 0 fully saturated rings. The number of hydrogen-bond acceptors (Lipinski definition) is 3. The molecule has 1 unspecified atom stereocenters. The first-order valence-electron chi connectivity index (χ1n) is 6.44. The third-order valence-electron chi connectivity index (χ3n) is 3.47. The van der Waals surface area contributed by atoms with Crippen LogP contribution >= 0.6 is 11.6 Å². The summed E-state index contributed by atoms with van der Waals surface area (Å²) in [6.45, 7) is 1.87. The molecule has 1 amide bonds. The van der Waals surface area contributed by atoms with Gasteiger partial charge in [-0.25, -0.2) is 0 Å². The van der Waals surface area contributed by atoms with Crippen molar-refractivity contribution in [1.82, 2.24) is 4.90 Å². The Balaban J connectivity index is 2.26. The first-order chi connectivity index (χ1) is 9.90. The highest BCUT2D eigenvalue weighted by Gasteiger charge is 2.21. The van der Waals surface area contributed by atoms with Gasteiger partial charge in [0, 0.05) is 12.1 Å². The maximum Gasteiger partial charge on any atom is 0.257 e. The first kappa shape index (κ1) is 15.2. The number of rotatable bonds is 3. The normalized spacial score (nSPS) is 12.0. The van der Waals surface area contributed by atoms with E-state index in [1.165, 1.54) is 23.1 Å². The molecule has 21 heavy (non-hydrogen) atoms. The van der Waals surface area contributed by atoms with E-state index in [2.05, 4.69) is 0 Å². The van der Waals surface area contributed by atoms with Crippen molar-refractivity contribution in [2.45, 2.75) is 13.0 Å². The van der Waals surface area contributed by atoms with Crippen molar-refractivity contribution in [1.29, 1.82) is 0 Å². The number of amides is 1. The Bertz CT molecular complexity index is 655. The molecule has 0 saturated heterocycles. The lowest BCUT2D eigenvalue weighted by atomic mass is 10.1. The van der Waals surface area contributed by atoms with Crippen LogP contribution in [0, 0.1) is 0 Å². The van der Waals surface area contributed by atoms with Crippen molar-refractivity contribution in [3.05, 3.63) is 58.6 Å². The van der Waals surface area contributed by atoms with Crippen LogP contribution in [0.3, 0.4) is 0 Å². The summed E-state index contributed by atoms with van der Waals surface area (Å²) < 4.78 is 0. The standard InChI is InChI=1S/C16H16ClNO3/c1-10(11-3-6-13(19)7-4-11)18(2)16(21)14-9-12(17)5-8-15(14)20/h3-10,19-20H,1-2H3. The summed E-state index contributed by atoms with van der Waals surface area (Å²) in [6.07, 6.45) is 0. The fourth-order valence-electron chi connectivity index (χ4n) is 2.02. The molecular weight excluding hydrogens is 290 g/mol. The summed E-state index contributed by atoms with van der Waals surface area (Å²) >= 11 is 5.87. The summed E-state index contributed by atoms with van der Waals surface area (Å²) in [4.78, 5) is 14.0. The molecule has 2 rings (SSSR count). The molecular formula is C16H16ClNO3. The van der Waals surface area contributed by atoms with Gasteiger partial charge in [0.15, 0.2) is 0 Å². The molecule has 0 saturated carbocycles. The number of carbonyl (C=O) groups excluding carboxylic acids is 1. The third-order valence-corrected chi connectivity index (χ3v) is 3.70. The van der Waals surface area contributed by atoms with Gasteiger partial charge in [-0.2, -0.15) is 0 Å². The highest BCUT2D eigenvalue weighted by atomic mass is 35.5. The number of benzene rings is 2. The highest BCUT2D eigenvalue weighted by molar-refractivity contribution is 6.31. The average molecular weight is 306 g/mol. The van der Waals surface area contributed by atoms with Crippen LogP contribution in [0.4, 0.5) is 0 Å². The van der Waals surface area contributed by atoms with Gasteiger partial charge in [0.2, 0.25) is 0 Å². The van der Waals surface area contributed by atoms with Gasteiger partial charge in [-0.1, -0.05) is 23.7 Å². The second-order valence-corrected chi connectivity index (χ2v) is 5.28. The van der Waals surface area contributed by atoms with Crippen molar-refractivity contribution >= 4 is 17.5 Å². The van der Waals surface area contributed by atoms with Crippen molar-refractivity contribution < 1.29 is 15.0 Å². The van der Waals surface area contributed by atoms with E-state index < -0.39 is 0 Å². The second-order valence-electron chi connectivity index (χ2n) is 4.85. The number of phenols is 2. The van der Waals surface area contributed by atoms with Crippen LogP contribution in [0.5, 0.6) is 11.5 Å². The quantitative estimate of drug-likeness (QED) is 0.911. The number of hydrogen-bond donors (Lipinski definition) is 2. The summed E-state index contributed by atoms with van der Waals surface area (Å²) in [7, 11) is 1.65. The molecule has 0 aliphatic carbocycles. The molecule has 2 N–H and O–H groups in total. The molecule has 0 spiro atoms. The first-order valence-corrected chi connectivity index (χ1v) is 6.82. The number of nitrogens with zero attached hydrogens (tertiary/aromatic N) is 1. The predicted molar refractivity (Wildman–Crippen MR) is 81.7 cm³/mol. The minimum absolute atomic E-state index is 0.103. The number of halogens is 1. The van der Waals surface area contributed by atoms with E-state index in [4.69, 9.17) is 11.6 Å². The van der Waals surface area contributed by atoms with Gasteiger partial charge in [-0.05, 0) is 42.8 Å². The van der Waals surface area contributed by atoms with Gasteiger partial charge in [-0.15, -0.1) is 0 Å². The van der Waals surface area contributed by atoms with Crippen LogP contribution in [0.25, 0.3) is 0 Å². The van der Waals surface area contributed by atoms with E-state index in [0.717, 1.165) is 5.56 Å². The van der Waals surface area contributed by atoms with Crippen LogP contribution in [0.15, 0.2) is 42.5 Å².